The molecule has 146 valence electrons. The van der Waals surface area contributed by atoms with Crippen LogP contribution in [-0.4, -0.2) is 23.6 Å². The van der Waals surface area contributed by atoms with Crippen LogP contribution in [0.15, 0.2) is 48.2 Å². The second-order valence-corrected chi connectivity index (χ2v) is 7.51. The van der Waals surface area contributed by atoms with Crippen LogP contribution in [0.5, 0.6) is 0 Å². The molecule has 28 heavy (non-hydrogen) atoms. The molecule has 0 fully saturated rings. The summed E-state index contributed by atoms with van der Waals surface area (Å²) >= 11 is 0. The largest absolute Gasteiger partial charge is 0.385 e. The van der Waals surface area contributed by atoms with Crippen molar-refractivity contribution in [2.24, 2.45) is 0 Å². The van der Waals surface area contributed by atoms with E-state index in [2.05, 4.69) is 50.9 Å². The number of nitrogens with zero attached hydrogens (tertiary/aromatic N) is 1. The molecule has 0 saturated heterocycles. The van der Waals surface area contributed by atoms with Crippen molar-refractivity contribution in [2.75, 3.05) is 24.6 Å². The van der Waals surface area contributed by atoms with Gasteiger partial charge in [0.25, 0.3) is 0 Å². The molecule has 5 N–H and O–H groups in total. The maximum Gasteiger partial charge on any atom is 0.147 e. The molecule has 0 radical (unpaired) electrons. The van der Waals surface area contributed by atoms with Gasteiger partial charge in [-0.15, -0.1) is 0 Å². The molecule has 2 aromatic heterocycles. The zero-order chi connectivity index (χ0) is 19.3. The highest BCUT2D eigenvalue weighted by Crippen LogP contribution is 2.32. The van der Waals surface area contributed by atoms with E-state index in [1.807, 2.05) is 13.1 Å². The highest BCUT2D eigenvalue weighted by atomic mass is 14.9. The zero-order valence-corrected chi connectivity index (χ0v) is 16.5. The highest BCUT2D eigenvalue weighted by Gasteiger charge is 2.11. The van der Waals surface area contributed by atoms with E-state index in [-0.39, 0.29) is 0 Å². The Morgan fingerprint density at radius 3 is 2.93 bits per heavy atom. The van der Waals surface area contributed by atoms with E-state index in [0.29, 0.717) is 5.82 Å². The van der Waals surface area contributed by atoms with Gasteiger partial charge in [-0.3, -0.25) is 0 Å². The van der Waals surface area contributed by atoms with Crippen LogP contribution < -0.4 is 16.4 Å². The molecule has 3 aromatic rings. The first-order valence-electron chi connectivity index (χ1n) is 10.2. The summed E-state index contributed by atoms with van der Waals surface area (Å²) in [6.45, 7) is 1.94. The molecular formula is C23H29N5. The molecular weight excluding hydrogens is 346 g/mol. The van der Waals surface area contributed by atoms with Crippen LogP contribution in [0.25, 0.3) is 22.2 Å². The minimum atomic E-state index is 0.511. The van der Waals surface area contributed by atoms with Gasteiger partial charge >= 0.3 is 0 Å². The van der Waals surface area contributed by atoms with Gasteiger partial charge in [-0.05, 0) is 68.5 Å². The van der Waals surface area contributed by atoms with E-state index in [1.165, 1.54) is 43.1 Å². The fourth-order valence-corrected chi connectivity index (χ4v) is 4.02. The fraction of sp³-hybridized carbons (Fsp3) is 0.348. The lowest BCUT2D eigenvalue weighted by atomic mass is 9.97. The zero-order valence-electron chi connectivity index (χ0n) is 16.5. The Labute approximate surface area is 166 Å². The quantitative estimate of drug-likeness (QED) is 0.352. The molecule has 4 rings (SSSR count). The number of pyridine rings is 1. The van der Waals surface area contributed by atoms with Gasteiger partial charge in [0.15, 0.2) is 0 Å². The number of nitrogens with two attached hydrogens (primary N) is 1. The third kappa shape index (κ3) is 4.04. The van der Waals surface area contributed by atoms with Gasteiger partial charge in [0, 0.05) is 41.9 Å². The Balaban J connectivity index is 1.45. The number of nitrogens with one attached hydrogen (secondary N) is 3. The molecule has 0 amide bonds. The van der Waals surface area contributed by atoms with Crippen molar-refractivity contribution in [2.45, 2.75) is 38.6 Å². The average molecular weight is 376 g/mol. The fourth-order valence-electron chi connectivity index (χ4n) is 4.02. The molecule has 0 saturated carbocycles. The van der Waals surface area contributed by atoms with Crippen LogP contribution in [0.2, 0.25) is 0 Å². The number of anilines is 2. The molecule has 2 heterocycles. The summed E-state index contributed by atoms with van der Waals surface area (Å²) in [5.74, 6) is 0.511. The molecule has 0 bridgehead atoms. The molecule has 5 nitrogen and oxygen atoms in total. The number of allylic oxidation sites excluding steroid dienone is 1. The number of rotatable bonds is 7. The minimum Gasteiger partial charge on any atom is -0.385 e. The van der Waals surface area contributed by atoms with E-state index in [0.717, 1.165) is 35.6 Å². The molecule has 1 aromatic carbocycles. The third-order valence-corrected chi connectivity index (χ3v) is 5.54. The van der Waals surface area contributed by atoms with Crippen molar-refractivity contribution in [1.82, 2.24) is 15.3 Å². The summed E-state index contributed by atoms with van der Waals surface area (Å²) in [6.07, 6.45) is 10.6. The van der Waals surface area contributed by atoms with Crippen LogP contribution in [0, 0.1) is 0 Å². The Morgan fingerprint density at radius 1 is 1.18 bits per heavy atom. The number of fused-ring (bicyclic) bond motifs is 1. The van der Waals surface area contributed by atoms with Crippen LogP contribution in [-0.2, 0) is 6.54 Å². The highest BCUT2D eigenvalue weighted by molar-refractivity contribution is 5.91. The Hall–Kier alpha value is -2.79. The van der Waals surface area contributed by atoms with Crippen molar-refractivity contribution < 1.29 is 0 Å². The van der Waals surface area contributed by atoms with E-state index < -0.39 is 0 Å². The number of benzene rings is 1. The van der Waals surface area contributed by atoms with Gasteiger partial charge in [-0.25, -0.2) is 4.98 Å². The SMILES string of the molecule is CNc1c(-c2cc3cc(CNCCC4=CCCCC4)ccc3[nH]2)ccnc1N. The molecule has 1 aliphatic rings. The standard InChI is InChI=1S/C23H29N5/c1-25-22-19(10-12-27-23(22)24)21-14-18-13-17(7-8-20(18)28-21)15-26-11-9-16-5-3-2-4-6-16/h5,7-8,10,12-14,25-26,28H,2-4,6,9,11,15H2,1H3,(H2,24,27). The number of aromatic nitrogens is 2. The number of H-pyrrole nitrogens is 1. The summed E-state index contributed by atoms with van der Waals surface area (Å²) in [7, 11) is 1.87. The maximum absolute atomic E-state index is 6.01. The van der Waals surface area contributed by atoms with E-state index in [1.54, 1.807) is 11.8 Å². The van der Waals surface area contributed by atoms with Crippen molar-refractivity contribution in [3.8, 4) is 11.3 Å². The monoisotopic (exact) mass is 375 g/mol. The lowest BCUT2D eigenvalue weighted by molar-refractivity contribution is 0.632. The molecule has 1 aliphatic carbocycles. The van der Waals surface area contributed by atoms with Crippen molar-refractivity contribution in [3.63, 3.8) is 0 Å². The van der Waals surface area contributed by atoms with Crippen molar-refractivity contribution in [1.29, 1.82) is 0 Å². The van der Waals surface area contributed by atoms with Crippen molar-refractivity contribution >= 4 is 22.4 Å². The Morgan fingerprint density at radius 2 is 2.11 bits per heavy atom. The molecule has 0 spiro atoms. The molecule has 0 unspecified atom stereocenters. The first-order chi connectivity index (χ1) is 13.7. The van der Waals surface area contributed by atoms with Gasteiger partial charge < -0.3 is 21.4 Å². The minimum absolute atomic E-state index is 0.511. The van der Waals surface area contributed by atoms with E-state index in [4.69, 9.17) is 5.73 Å². The average Bonchev–Trinajstić information content (AvgIpc) is 3.15. The molecule has 0 aliphatic heterocycles. The summed E-state index contributed by atoms with van der Waals surface area (Å²) in [5, 5.41) is 7.96. The number of nitrogen functional groups attached to an aromatic ring is 1. The van der Waals surface area contributed by atoms with Gasteiger partial charge in [-0.1, -0.05) is 17.7 Å². The predicted molar refractivity (Wildman–Crippen MR) is 118 cm³/mol. The molecule has 5 heteroatoms. The van der Waals surface area contributed by atoms with Gasteiger partial charge in [-0.2, -0.15) is 0 Å². The lowest BCUT2D eigenvalue weighted by Gasteiger charge is -2.13. The Kier molecular flexibility index (Phi) is 5.63. The summed E-state index contributed by atoms with van der Waals surface area (Å²) in [5.41, 5.74) is 13.0. The maximum atomic E-state index is 6.01. The van der Waals surface area contributed by atoms with Crippen LogP contribution in [0.1, 0.15) is 37.7 Å². The first-order valence-corrected chi connectivity index (χ1v) is 10.2. The number of hydrogen-bond donors (Lipinski definition) is 4. The van der Waals surface area contributed by atoms with Crippen LogP contribution >= 0.6 is 0 Å². The number of aromatic amines is 1. The van der Waals surface area contributed by atoms with Crippen LogP contribution in [0.4, 0.5) is 11.5 Å². The van der Waals surface area contributed by atoms with Gasteiger partial charge in [0.05, 0.1) is 5.69 Å². The van der Waals surface area contributed by atoms with Crippen LogP contribution in [0.3, 0.4) is 0 Å². The first kappa shape index (κ1) is 18.6. The number of hydrogen-bond acceptors (Lipinski definition) is 4. The van der Waals surface area contributed by atoms with Crippen molar-refractivity contribution in [3.05, 3.63) is 53.7 Å². The van der Waals surface area contributed by atoms with Gasteiger partial charge in [0.1, 0.15) is 5.82 Å². The topological polar surface area (TPSA) is 78.8 Å². The summed E-state index contributed by atoms with van der Waals surface area (Å²) < 4.78 is 0. The summed E-state index contributed by atoms with van der Waals surface area (Å²) in [4.78, 5) is 7.67. The lowest BCUT2D eigenvalue weighted by Crippen LogP contribution is -2.15. The van der Waals surface area contributed by atoms with E-state index >= 15 is 0 Å². The second-order valence-electron chi connectivity index (χ2n) is 7.51. The summed E-state index contributed by atoms with van der Waals surface area (Å²) in [6, 6.07) is 10.8. The van der Waals surface area contributed by atoms with E-state index in [9.17, 15) is 0 Å². The Bertz CT molecular complexity index is 986. The second kappa shape index (κ2) is 8.48. The predicted octanol–water partition coefficient (Wildman–Crippen LogP) is 4.83. The van der Waals surface area contributed by atoms with Gasteiger partial charge in [0.2, 0.25) is 0 Å². The molecule has 0 atom stereocenters. The smallest absolute Gasteiger partial charge is 0.147 e. The normalized spacial score (nSPS) is 14.2. The third-order valence-electron chi connectivity index (χ3n) is 5.54.